The fourth-order valence-corrected chi connectivity index (χ4v) is 5.88. The van der Waals surface area contributed by atoms with Gasteiger partial charge in [-0.2, -0.15) is 0 Å². The number of imide groups is 1. The molecular formula is C35H26N2O6. The highest BCUT2D eigenvalue weighted by atomic mass is 16.7. The average molecular weight is 571 g/mol. The van der Waals surface area contributed by atoms with Crippen molar-refractivity contribution in [3.05, 3.63) is 132 Å². The molecule has 43 heavy (non-hydrogen) atoms. The van der Waals surface area contributed by atoms with E-state index in [1.165, 1.54) is 12.0 Å². The van der Waals surface area contributed by atoms with Gasteiger partial charge < -0.3 is 9.47 Å². The first kappa shape index (κ1) is 26.4. The number of anilines is 2. The standard InChI is InChI=1S/C35H26N2O6/c1-41-29-21-24(19-20-28(29)42-35(40)23-12-4-2-5-13-23)31-30-32(43-37(31)25-15-6-3-7-16-25)34(39)36(33(30)38)27-18-10-14-22-11-8-9-17-26(22)27/h2-21,30-32H,1H3/t30-,31+,32+/m1/s1. The third-order valence-electron chi connectivity index (χ3n) is 7.87. The number of para-hydroxylation sites is 1. The number of rotatable bonds is 6. The van der Waals surface area contributed by atoms with Gasteiger partial charge in [-0.25, -0.2) is 14.8 Å². The molecule has 0 N–H and O–H groups in total. The van der Waals surface area contributed by atoms with Gasteiger partial charge >= 0.3 is 5.97 Å². The summed E-state index contributed by atoms with van der Waals surface area (Å²) in [7, 11) is 1.48. The smallest absolute Gasteiger partial charge is 0.343 e. The fraction of sp³-hybridized carbons (Fsp3) is 0.114. The summed E-state index contributed by atoms with van der Waals surface area (Å²) in [6.45, 7) is 0. The summed E-state index contributed by atoms with van der Waals surface area (Å²) in [4.78, 5) is 48.4. The maximum atomic E-state index is 14.2. The average Bonchev–Trinajstić information content (AvgIpc) is 3.57. The first-order chi connectivity index (χ1) is 21.0. The summed E-state index contributed by atoms with van der Waals surface area (Å²) in [5.41, 5.74) is 2.28. The number of hydrogen-bond acceptors (Lipinski definition) is 7. The van der Waals surface area contributed by atoms with Crippen LogP contribution in [0.1, 0.15) is 22.0 Å². The molecule has 0 bridgehead atoms. The Balaban J connectivity index is 1.28. The van der Waals surface area contributed by atoms with Gasteiger partial charge in [0.25, 0.3) is 5.91 Å². The monoisotopic (exact) mass is 570 g/mol. The molecule has 5 aromatic rings. The lowest BCUT2D eigenvalue weighted by molar-refractivity contribution is -0.126. The molecule has 2 aliphatic heterocycles. The van der Waals surface area contributed by atoms with Crippen LogP contribution in [0.25, 0.3) is 10.8 Å². The van der Waals surface area contributed by atoms with E-state index in [0.717, 1.165) is 10.8 Å². The summed E-state index contributed by atoms with van der Waals surface area (Å²) < 4.78 is 11.3. The molecule has 2 heterocycles. The number of esters is 1. The second-order valence-electron chi connectivity index (χ2n) is 10.3. The Morgan fingerprint density at radius 1 is 0.744 bits per heavy atom. The van der Waals surface area contributed by atoms with Gasteiger partial charge in [-0.1, -0.05) is 78.9 Å². The zero-order chi connectivity index (χ0) is 29.5. The highest BCUT2D eigenvalue weighted by Crippen LogP contribution is 2.49. The van der Waals surface area contributed by atoms with Crippen LogP contribution in [0.15, 0.2) is 121 Å². The third kappa shape index (κ3) is 4.49. The Hall–Kier alpha value is -5.47. The van der Waals surface area contributed by atoms with Crippen LogP contribution in [0.4, 0.5) is 11.4 Å². The first-order valence-corrected chi connectivity index (χ1v) is 13.9. The van der Waals surface area contributed by atoms with Crippen molar-refractivity contribution in [2.45, 2.75) is 12.1 Å². The summed E-state index contributed by atoms with van der Waals surface area (Å²) in [6.07, 6.45) is -1.03. The molecule has 2 amide bonds. The van der Waals surface area contributed by atoms with E-state index in [9.17, 15) is 14.4 Å². The Labute approximate surface area is 247 Å². The summed E-state index contributed by atoms with van der Waals surface area (Å²) in [5, 5.41) is 3.34. The highest BCUT2D eigenvalue weighted by Gasteiger charge is 2.60. The predicted octanol–water partition coefficient (Wildman–Crippen LogP) is 6.12. The largest absolute Gasteiger partial charge is 0.493 e. The minimum Gasteiger partial charge on any atom is -0.493 e. The van der Waals surface area contributed by atoms with Crippen molar-refractivity contribution in [2.75, 3.05) is 17.1 Å². The molecule has 2 saturated heterocycles. The second kappa shape index (κ2) is 10.7. The van der Waals surface area contributed by atoms with E-state index in [4.69, 9.17) is 14.3 Å². The van der Waals surface area contributed by atoms with Crippen molar-refractivity contribution >= 4 is 39.9 Å². The maximum Gasteiger partial charge on any atom is 0.343 e. The molecule has 2 aliphatic rings. The molecule has 8 nitrogen and oxygen atoms in total. The molecule has 5 aromatic carbocycles. The number of ether oxygens (including phenoxy) is 2. The van der Waals surface area contributed by atoms with Crippen molar-refractivity contribution < 1.29 is 28.7 Å². The van der Waals surface area contributed by atoms with Gasteiger partial charge in [-0.05, 0) is 53.4 Å². The minimum atomic E-state index is -1.03. The molecule has 7 rings (SSSR count). The number of nitrogens with zero attached hydrogens (tertiary/aromatic N) is 2. The molecule has 3 atom stereocenters. The van der Waals surface area contributed by atoms with Gasteiger partial charge in [0.05, 0.1) is 30.1 Å². The lowest BCUT2D eigenvalue weighted by Gasteiger charge is -2.29. The molecule has 0 unspecified atom stereocenters. The molecule has 212 valence electrons. The number of amides is 2. The van der Waals surface area contributed by atoms with Crippen LogP contribution >= 0.6 is 0 Å². The normalized spacial score (nSPS) is 19.5. The van der Waals surface area contributed by atoms with Crippen LogP contribution in [-0.2, 0) is 14.4 Å². The molecule has 0 aromatic heterocycles. The quantitative estimate of drug-likeness (QED) is 0.138. The fourth-order valence-electron chi connectivity index (χ4n) is 5.88. The first-order valence-electron chi connectivity index (χ1n) is 13.9. The Morgan fingerprint density at radius 2 is 1.44 bits per heavy atom. The van der Waals surface area contributed by atoms with E-state index >= 15 is 0 Å². The number of hydrogen-bond donors (Lipinski definition) is 0. The predicted molar refractivity (Wildman–Crippen MR) is 161 cm³/mol. The third-order valence-corrected chi connectivity index (χ3v) is 7.87. The van der Waals surface area contributed by atoms with E-state index in [-0.39, 0.29) is 11.7 Å². The van der Waals surface area contributed by atoms with Crippen LogP contribution < -0.4 is 19.4 Å². The highest BCUT2D eigenvalue weighted by molar-refractivity contribution is 6.26. The molecule has 0 saturated carbocycles. The van der Waals surface area contributed by atoms with Gasteiger partial charge in [-0.3, -0.25) is 14.4 Å². The zero-order valence-electron chi connectivity index (χ0n) is 23.1. The number of carbonyl (C=O) groups is 3. The van der Waals surface area contributed by atoms with Crippen LogP contribution in [0, 0.1) is 5.92 Å². The second-order valence-corrected chi connectivity index (χ2v) is 10.3. The number of benzene rings is 5. The van der Waals surface area contributed by atoms with Gasteiger partial charge in [0, 0.05) is 5.39 Å². The van der Waals surface area contributed by atoms with E-state index < -0.39 is 29.9 Å². The van der Waals surface area contributed by atoms with Crippen molar-refractivity contribution in [3.8, 4) is 11.5 Å². The summed E-state index contributed by atoms with van der Waals surface area (Å²) >= 11 is 0. The van der Waals surface area contributed by atoms with Gasteiger partial charge in [0.2, 0.25) is 5.91 Å². The summed E-state index contributed by atoms with van der Waals surface area (Å²) in [6, 6.07) is 35.6. The molecular weight excluding hydrogens is 544 g/mol. The van der Waals surface area contributed by atoms with Crippen molar-refractivity contribution in [1.82, 2.24) is 0 Å². The van der Waals surface area contributed by atoms with Crippen LogP contribution in [0.5, 0.6) is 11.5 Å². The lowest BCUT2D eigenvalue weighted by Crippen LogP contribution is -2.37. The van der Waals surface area contributed by atoms with Crippen molar-refractivity contribution in [2.24, 2.45) is 5.92 Å². The number of methoxy groups -OCH3 is 1. The Kier molecular flexibility index (Phi) is 6.60. The molecule has 0 radical (unpaired) electrons. The van der Waals surface area contributed by atoms with Crippen molar-refractivity contribution in [3.63, 3.8) is 0 Å². The number of carbonyl (C=O) groups excluding carboxylic acids is 3. The topological polar surface area (TPSA) is 85.4 Å². The van der Waals surface area contributed by atoms with E-state index in [0.29, 0.717) is 28.3 Å². The van der Waals surface area contributed by atoms with Gasteiger partial charge in [0.15, 0.2) is 17.6 Å². The Bertz CT molecular complexity index is 1850. The van der Waals surface area contributed by atoms with E-state index in [2.05, 4.69) is 0 Å². The van der Waals surface area contributed by atoms with Gasteiger partial charge in [0.1, 0.15) is 5.92 Å². The van der Waals surface area contributed by atoms with Crippen LogP contribution in [0.2, 0.25) is 0 Å². The Morgan fingerprint density at radius 3 is 2.21 bits per heavy atom. The minimum absolute atomic E-state index is 0.230. The molecule has 2 fully saturated rings. The zero-order valence-corrected chi connectivity index (χ0v) is 23.1. The van der Waals surface area contributed by atoms with Crippen LogP contribution in [-0.4, -0.2) is 31.0 Å². The SMILES string of the molecule is COc1cc([C@H]2[C@H]3C(=O)N(c4cccc5ccccc45)C(=O)[C@H]3ON2c2ccccc2)ccc1OC(=O)c1ccccc1. The maximum absolute atomic E-state index is 14.2. The lowest BCUT2D eigenvalue weighted by atomic mass is 9.90. The van der Waals surface area contributed by atoms with Crippen LogP contribution in [0.3, 0.4) is 0 Å². The molecule has 0 spiro atoms. The number of hydroxylamine groups is 1. The van der Waals surface area contributed by atoms with E-state index in [1.807, 2.05) is 72.8 Å². The van der Waals surface area contributed by atoms with Gasteiger partial charge in [-0.15, -0.1) is 0 Å². The molecule has 8 heteroatoms. The summed E-state index contributed by atoms with van der Waals surface area (Å²) in [5.74, 6) is -1.60. The van der Waals surface area contributed by atoms with Crippen molar-refractivity contribution in [1.29, 1.82) is 0 Å². The van der Waals surface area contributed by atoms with E-state index in [1.54, 1.807) is 53.6 Å². The number of fused-ring (bicyclic) bond motifs is 2. The molecule has 0 aliphatic carbocycles.